The van der Waals surface area contributed by atoms with Crippen molar-refractivity contribution in [1.29, 1.82) is 0 Å². The number of aromatic nitrogens is 1. The molecule has 0 unspecified atom stereocenters. The minimum atomic E-state index is -0.221. The molecule has 224 valence electrons. The van der Waals surface area contributed by atoms with E-state index in [0.717, 1.165) is 89.4 Å². The summed E-state index contributed by atoms with van der Waals surface area (Å²) in [6.45, 7) is 4.60. The van der Waals surface area contributed by atoms with Gasteiger partial charge in [0.15, 0.2) is 35.7 Å². The number of methoxy groups -OCH3 is 1. The van der Waals surface area contributed by atoms with E-state index in [0.29, 0.717) is 19.8 Å². The van der Waals surface area contributed by atoms with E-state index in [4.69, 9.17) is 28.4 Å². The summed E-state index contributed by atoms with van der Waals surface area (Å²) in [6.07, 6.45) is 7.34. The van der Waals surface area contributed by atoms with Gasteiger partial charge in [0.2, 0.25) is 12.5 Å². The number of fused-ring (bicyclic) bond motifs is 5. The lowest BCUT2D eigenvalue weighted by Gasteiger charge is -2.18. The van der Waals surface area contributed by atoms with Gasteiger partial charge in [-0.25, -0.2) is 0 Å². The molecule has 0 N–H and O–H groups in total. The predicted molar refractivity (Wildman–Crippen MR) is 162 cm³/mol. The molecule has 3 aromatic carbocycles. The first kappa shape index (κ1) is 28.6. The van der Waals surface area contributed by atoms with Crippen LogP contribution in [0.4, 0.5) is 0 Å². The predicted octanol–water partition coefficient (Wildman–Crippen LogP) is 6.21. The molecule has 3 heterocycles. The van der Waals surface area contributed by atoms with E-state index >= 15 is 0 Å². The van der Waals surface area contributed by atoms with Crippen molar-refractivity contribution in [3.8, 4) is 40.0 Å². The van der Waals surface area contributed by atoms with Gasteiger partial charge >= 0.3 is 5.97 Å². The fourth-order valence-corrected chi connectivity index (χ4v) is 5.75. The van der Waals surface area contributed by atoms with Gasteiger partial charge in [-0.3, -0.25) is 4.79 Å². The maximum absolute atomic E-state index is 11.7. The fourth-order valence-electron chi connectivity index (χ4n) is 5.75. The van der Waals surface area contributed by atoms with Crippen LogP contribution in [0.3, 0.4) is 0 Å². The van der Waals surface area contributed by atoms with Gasteiger partial charge in [0, 0.05) is 12.5 Å². The summed E-state index contributed by atoms with van der Waals surface area (Å²) in [6, 6.07) is 18.2. The minimum absolute atomic E-state index is 0.221. The van der Waals surface area contributed by atoms with Crippen molar-refractivity contribution in [2.45, 2.75) is 52.0 Å². The molecule has 43 heavy (non-hydrogen) atoms. The zero-order valence-electron chi connectivity index (χ0n) is 24.9. The quantitative estimate of drug-likeness (QED) is 0.105. The number of aryl methyl sites for hydroxylation is 2. The van der Waals surface area contributed by atoms with Crippen LogP contribution in [0.5, 0.6) is 28.7 Å². The number of unbranched alkanes of at least 4 members (excludes halogenated alkanes) is 3. The van der Waals surface area contributed by atoms with Gasteiger partial charge in [0.1, 0.15) is 5.75 Å². The second kappa shape index (κ2) is 13.2. The summed E-state index contributed by atoms with van der Waals surface area (Å²) in [5.74, 6) is 3.73. The van der Waals surface area contributed by atoms with E-state index in [1.54, 1.807) is 7.11 Å². The number of ether oxygens (including phenoxy) is 6. The third kappa shape index (κ3) is 6.48. The summed E-state index contributed by atoms with van der Waals surface area (Å²) in [7, 11) is 1.69. The Balaban J connectivity index is 1.03. The van der Waals surface area contributed by atoms with Crippen molar-refractivity contribution >= 4 is 16.7 Å². The van der Waals surface area contributed by atoms with E-state index < -0.39 is 0 Å². The number of carbonyl (C=O) groups is 1. The smallest absolute Gasteiger partial charge is 0.310 e. The maximum atomic E-state index is 11.7. The molecule has 0 saturated carbocycles. The third-order valence-electron chi connectivity index (χ3n) is 7.90. The van der Waals surface area contributed by atoms with Gasteiger partial charge < -0.3 is 28.4 Å². The second-order valence-electron chi connectivity index (χ2n) is 10.8. The molecule has 0 saturated heterocycles. The van der Waals surface area contributed by atoms with E-state index in [-0.39, 0.29) is 19.2 Å². The van der Waals surface area contributed by atoms with Crippen molar-refractivity contribution in [3.05, 3.63) is 71.9 Å². The maximum Gasteiger partial charge on any atom is 0.310 e. The number of benzene rings is 3. The van der Waals surface area contributed by atoms with Gasteiger partial charge in [-0.2, -0.15) is 4.57 Å². The Morgan fingerprint density at radius 3 is 2.56 bits per heavy atom. The third-order valence-corrected chi connectivity index (χ3v) is 7.90. The Morgan fingerprint density at radius 2 is 1.74 bits per heavy atom. The van der Waals surface area contributed by atoms with Gasteiger partial charge in [0.25, 0.3) is 0 Å². The monoisotopic (exact) mass is 584 g/mol. The standard InChI is InChI=1S/C35H38NO7/c1-3-39-34(37)18-24-9-8-10-27(17-24)40-15-6-4-5-7-16-41-35-29-22-36-14-13-26-20-32-33(43-23-42-32)21-28(26)30(36)19-25(29)11-12-31(35)38-2/h8-12,17,19-22H,3-7,13-16,18,23H2,1-2H3/q+1. The highest BCUT2D eigenvalue weighted by molar-refractivity contribution is 5.91. The molecule has 8 heteroatoms. The van der Waals surface area contributed by atoms with Crippen LogP contribution in [0.1, 0.15) is 43.7 Å². The summed E-state index contributed by atoms with van der Waals surface area (Å²) in [5.41, 5.74) is 4.52. The molecule has 2 aliphatic heterocycles. The molecule has 0 amide bonds. The SMILES string of the molecule is CCOC(=O)Cc1cccc(OCCCCCCOc2c(OC)ccc3cc4[n+](cc23)CCc2cc3c(cc2-4)OCO3)c1. The van der Waals surface area contributed by atoms with Gasteiger partial charge in [-0.15, -0.1) is 0 Å². The average Bonchev–Trinajstić information content (AvgIpc) is 3.48. The molecule has 0 aliphatic carbocycles. The van der Waals surface area contributed by atoms with Crippen LogP contribution in [0.15, 0.2) is 60.8 Å². The highest BCUT2D eigenvalue weighted by atomic mass is 16.7. The molecule has 4 aromatic rings. The summed E-state index contributed by atoms with van der Waals surface area (Å²) < 4.78 is 36.5. The van der Waals surface area contributed by atoms with Crippen molar-refractivity contribution in [2.24, 2.45) is 0 Å². The molecule has 0 bridgehead atoms. The topological polar surface area (TPSA) is 76.3 Å². The van der Waals surface area contributed by atoms with Crippen molar-refractivity contribution < 1.29 is 37.8 Å². The van der Waals surface area contributed by atoms with Crippen molar-refractivity contribution in [3.63, 3.8) is 0 Å². The van der Waals surface area contributed by atoms with Gasteiger partial charge in [-0.1, -0.05) is 12.1 Å². The lowest BCUT2D eigenvalue weighted by Crippen LogP contribution is -2.40. The average molecular weight is 585 g/mol. The Hall–Kier alpha value is -4.46. The van der Waals surface area contributed by atoms with Crippen LogP contribution in [-0.4, -0.2) is 39.7 Å². The molecule has 0 spiro atoms. The minimum Gasteiger partial charge on any atom is -0.494 e. The first-order valence-corrected chi connectivity index (χ1v) is 15.1. The number of carbonyl (C=O) groups excluding carboxylic acids is 1. The number of esters is 1. The highest BCUT2D eigenvalue weighted by Gasteiger charge is 2.28. The second-order valence-corrected chi connectivity index (χ2v) is 10.8. The molecule has 0 fully saturated rings. The molecule has 0 atom stereocenters. The molecule has 1 aromatic heterocycles. The number of nitrogens with zero attached hydrogens (tertiary/aromatic N) is 1. The Morgan fingerprint density at radius 1 is 0.930 bits per heavy atom. The molecular weight excluding hydrogens is 546 g/mol. The van der Waals surface area contributed by atoms with Crippen LogP contribution < -0.4 is 28.3 Å². The van der Waals surface area contributed by atoms with Crippen LogP contribution in [-0.2, 0) is 28.9 Å². The number of rotatable bonds is 13. The molecule has 8 nitrogen and oxygen atoms in total. The fraction of sp³-hybridized carbons (Fsp3) is 0.371. The van der Waals surface area contributed by atoms with E-state index in [1.807, 2.05) is 37.3 Å². The van der Waals surface area contributed by atoms with Crippen LogP contribution >= 0.6 is 0 Å². The molecule has 6 rings (SSSR count). The largest absolute Gasteiger partial charge is 0.494 e. The van der Waals surface area contributed by atoms with E-state index in [2.05, 4.69) is 35.0 Å². The lowest BCUT2D eigenvalue weighted by atomic mass is 9.95. The first-order valence-electron chi connectivity index (χ1n) is 15.1. The van der Waals surface area contributed by atoms with E-state index in [9.17, 15) is 4.79 Å². The molecular formula is C35H38NO7+. The first-order chi connectivity index (χ1) is 21.1. The van der Waals surface area contributed by atoms with Crippen LogP contribution in [0.25, 0.3) is 22.0 Å². The highest BCUT2D eigenvalue weighted by Crippen LogP contribution is 2.41. The zero-order chi connectivity index (χ0) is 29.6. The number of hydrogen-bond acceptors (Lipinski definition) is 7. The Bertz CT molecular complexity index is 1620. The van der Waals surface area contributed by atoms with Crippen LogP contribution in [0.2, 0.25) is 0 Å². The Labute approximate surface area is 252 Å². The Kier molecular flexibility index (Phi) is 8.82. The molecule has 2 aliphatic rings. The molecule has 0 radical (unpaired) electrons. The lowest BCUT2D eigenvalue weighted by molar-refractivity contribution is -0.686. The summed E-state index contributed by atoms with van der Waals surface area (Å²) in [4.78, 5) is 11.7. The number of pyridine rings is 1. The number of hydrogen-bond donors (Lipinski definition) is 0. The summed E-state index contributed by atoms with van der Waals surface area (Å²) >= 11 is 0. The normalized spacial score (nSPS) is 12.9. The summed E-state index contributed by atoms with van der Waals surface area (Å²) in [5, 5.41) is 2.15. The van der Waals surface area contributed by atoms with Crippen LogP contribution in [0, 0.1) is 0 Å². The van der Waals surface area contributed by atoms with E-state index in [1.165, 1.54) is 11.1 Å². The van der Waals surface area contributed by atoms with Crippen molar-refractivity contribution in [2.75, 3.05) is 33.7 Å². The zero-order valence-corrected chi connectivity index (χ0v) is 24.9. The van der Waals surface area contributed by atoms with Gasteiger partial charge in [-0.05, 0) is 85.5 Å². The van der Waals surface area contributed by atoms with Gasteiger partial charge in [0.05, 0.1) is 44.3 Å². The van der Waals surface area contributed by atoms with Crippen molar-refractivity contribution in [1.82, 2.24) is 0 Å².